The van der Waals surface area contributed by atoms with Gasteiger partial charge in [0.1, 0.15) is 35.8 Å². The van der Waals surface area contributed by atoms with Crippen LogP contribution in [0, 0.1) is 0 Å². The smallest absolute Gasteiger partial charge is 0.416 e. The largest absolute Gasteiger partial charge is 0.498 e. The molecule has 3 heterocycles. The second-order valence-electron chi connectivity index (χ2n) is 20.3. The Morgan fingerprint density at radius 2 is 1.50 bits per heavy atom. The SMILES string of the molecule is C=C1/C(=C\C(OC)=C(/C)OC)N(C(=O)OCc2ccc(NC(=O)[C@H](CCCCNC(=O)OC(C)(C)C)NC(=O)[C@H](Cc3ccccc3)NC(=O)CCCCN3C(=O)C=CC3=O)cc2)[C@@H](O)[C@@H]2CC(c3ccc(OC)cc3)=CN2C1O. The molecule has 0 radical (unpaired) electrons. The number of hydrogen-bond donors (Lipinski definition) is 6. The number of imide groups is 1. The van der Waals surface area contributed by atoms with Gasteiger partial charge in [0.25, 0.3) is 11.8 Å². The summed E-state index contributed by atoms with van der Waals surface area (Å²) in [6.45, 7) is 11.1. The van der Waals surface area contributed by atoms with Gasteiger partial charge in [-0.1, -0.05) is 61.2 Å². The van der Waals surface area contributed by atoms with E-state index in [2.05, 4.69) is 27.8 Å². The lowest BCUT2D eigenvalue weighted by Gasteiger charge is -2.32. The van der Waals surface area contributed by atoms with Gasteiger partial charge in [-0.3, -0.25) is 28.9 Å². The Bertz CT molecular complexity index is 2820. The summed E-state index contributed by atoms with van der Waals surface area (Å²) in [7, 11) is 4.42. The van der Waals surface area contributed by atoms with Crippen molar-refractivity contribution in [3.8, 4) is 5.75 Å². The normalized spacial score (nSPS) is 18.5. The van der Waals surface area contributed by atoms with E-state index in [0.717, 1.165) is 26.5 Å². The van der Waals surface area contributed by atoms with Gasteiger partial charge in [0.05, 0.1) is 33.1 Å². The first-order chi connectivity index (χ1) is 38.2. The van der Waals surface area contributed by atoms with Gasteiger partial charge in [-0.25, -0.2) is 14.5 Å². The number of aliphatic hydroxyl groups excluding tert-OH is 2. The second-order valence-corrected chi connectivity index (χ2v) is 20.3. The van der Waals surface area contributed by atoms with Gasteiger partial charge in [0.15, 0.2) is 18.2 Å². The monoisotopic (exact) mass is 1100 g/mol. The highest BCUT2D eigenvalue weighted by Crippen LogP contribution is 2.40. The summed E-state index contributed by atoms with van der Waals surface area (Å²) >= 11 is 0. The number of amides is 7. The van der Waals surface area contributed by atoms with Crippen LogP contribution in [-0.2, 0) is 55.9 Å². The van der Waals surface area contributed by atoms with Crippen LogP contribution in [0.25, 0.3) is 5.57 Å². The number of benzene rings is 3. The van der Waals surface area contributed by atoms with Gasteiger partial charge in [0.2, 0.25) is 17.7 Å². The number of unbranched alkanes of at least 4 members (excludes halogenated alkanes) is 2. The number of carbonyl (C=O) groups excluding carboxylic acids is 7. The number of carbonyl (C=O) groups is 7. The summed E-state index contributed by atoms with van der Waals surface area (Å²) in [5.74, 6) is -1.25. The molecule has 1 fully saturated rings. The number of anilines is 1. The van der Waals surface area contributed by atoms with Gasteiger partial charge >= 0.3 is 12.2 Å². The van der Waals surface area contributed by atoms with Gasteiger partial charge in [0, 0.05) is 61.6 Å². The molecule has 0 aromatic heterocycles. The standard InChI is InChI=1S/C59H73N7O14/c1-37-47(34-49(78-8)38(2)76-6)66(56(73)48-33-42(35-65(48)55(37)72)41-22-26-44(77-7)27-23-41)58(75)79-36-40-20-24-43(25-21-40)61-53(70)45(18-12-14-30-60-57(74)80-59(3,4)5)63-54(71)46(32-39-16-10-9-11-17-39)62-50(67)19-13-15-31-64-51(68)28-29-52(64)69/h9-11,16-17,20-29,34-35,45-46,48,55-56,72-73H,1,12-15,18-19,30-33,36H2,2-8H3,(H,60,74)(H,61,70)(H,62,67)(H,63,71)/b47-34+,49-38-/t45-,46-,48-,55?,56-/m0/s1. The number of aliphatic hydroxyl groups is 2. The third-order valence-corrected chi connectivity index (χ3v) is 13.4. The predicted molar refractivity (Wildman–Crippen MR) is 296 cm³/mol. The fraction of sp³-hybridized carbons (Fsp3) is 0.407. The molecule has 3 aromatic rings. The minimum atomic E-state index is -1.57. The average Bonchev–Trinajstić information content (AvgIpc) is 4.04. The number of ether oxygens (including phenoxy) is 5. The molecule has 0 bridgehead atoms. The lowest BCUT2D eigenvalue weighted by atomic mass is 10.0. The Labute approximate surface area is 466 Å². The molecule has 428 valence electrons. The first-order valence-electron chi connectivity index (χ1n) is 26.4. The van der Waals surface area contributed by atoms with Crippen LogP contribution < -0.4 is 26.0 Å². The molecule has 0 spiro atoms. The highest BCUT2D eigenvalue weighted by atomic mass is 16.6. The molecule has 1 saturated heterocycles. The molecule has 3 aromatic carbocycles. The zero-order chi connectivity index (χ0) is 58.1. The Hall–Kier alpha value is -8.43. The maximum Gasteiger partial charge on any atom is 0.416 e. The van der Waals surface area contributed by atoms with E-state index in [1.54, 1.807) is 94.4 Å². The maximum atomic E-state index is 14.3. The fourth-order valence-corrected chi connectivity index (χ4v) is 9.03. The molecule has 0 aliphatic carbocycles. The van der Waals surface area contributed by atoms with Crippen LogP contribution in [0.3, 0.4) is 0 Å². The molecule has 6 rings (SSSR count). The van der Waals surface area contributed by atoms with E-state index in [4.69, 9.17) is 23.7 Å². The van der Waals surface area contributed by atoms with Crippen molar-refractivity contribution in [3.05, 3.63) is 149 Å². The topological polar surface area (TPSA) is 264 Å². The summed E-state index contributed by atoms with van der Waals surface area (Å²) in [4.78, 5) is 96.0. The first-order valence-corrected chi connectivity index (χ1v) is 26.4. The summed E-state index contributed by atoms with van der Waals surface area (Å²) in [5, 5.41) is 35.1. The second kappa shape index (κ2) is 28.4. The van der Waals surface area contributed by atoms with Crippen molar-refractivity contribution in [2.45, 2.75) is 122 Å². The number of alkyl carbamates (subject to hydrolysis) is 1. The van der Waals surface area contributed by atoms with E-state index in [1.165, 1.54) is 32.4 Å². The van der Waals surface area contributed by atoms with Crippen molar-refractivity contribution in [2.24, 2.45) is 0 Å². The van der Waals surface area contributed by atoms with E-state index < -0.39 is 77.9 Å². The summed E-state index contributed by atoms with van der Waals surface area (Å²) in [6.07, 6.45) is 3.07. The number of hydrogen-bond acceptors (Lipinski definition) is 15. The Kier molecular flexibility index (Phi) is 21.6. The quantitative estimate of drug-likeness (QED) is 0.0326. The van der Waals surface area contributed by atoms with Crippen molar-refractivity contribution in [3.63, 3.8) is 0 Å². The first kappa shape index (κ1) is 60.8. The van der Waals surface area contributed by atoms with Crippen molar-refractivity contribution in [1.29, 1.82) is 0 Å². The predicted octanol–water partition coefficient (Wildman–Crippen LogP) is 6.31. The molecule has 80 heavy (non-hydrogen) atoms. The minimum Gasteiger partial charge on any atom is -0.498 e. The molecular weight excluding hydrogens is 1030 g/mol. The van der Waals surface area contributed by atoms with Crippen LogP contribution in [-0.4, -0.2) is 137 Å². The Balaban J connectivity index is 1.15. The molecule has 1 unspecified atom stereocenters. The summed E-state index contributed by atoms with van der Waals surface area (Å²) in [6, 6.07) is 19.8. The van der Waals surface area contributed by atoms with Crippen LogP contribution >= 0.6 is 0 Å². The number of methoxy groups -OCH3 is 3. The van der Waals surface area contributed by atoms with Gasteiger partial charge in [-0.05, 0) is 113 Å². The number of fused-ring (bicyclic) bond motifs is 1. The molecule has 21 heteroatoms. The average molecular weight is 1100 g/mol. The van der Waals surface area contributed by atoms with E-state index in [1.807, 2.05) is 30.3 Å². The zero-order valence-electron chi connectivity index (χ0n) is 46.3. The Morgan fingerprint density at radius 3 is 2.14 bits per heavy atom. The zero-order valence-corrected chi connectivity index (χ0v) is 46.3. The number of allylic oxidation sites excluding steroid dienone is 2. The third kappa shape index (κ3) is 16.8. The van der Waals surface area contributed by atoms with Gasteiger partial charge in [-0.2, -0.15) is 0 Å². The summed E-state index contributed by atoms with van der Waals surface area (Å²) in [5.41, 5.74) is 2.59. The van der Waals surface area contributed by atoms with Crippen molar-refractivity contribution < 1.29 is 67.5 Å². The third-order valence-electron chi connectivity index (χ3n) is 13.4. The molecule has 6 N–H and O–H groups in total. The van der Waals surface area contributed by atoms with E-state index >= 15 is 0 Å². The molecular formula is C59H73N7O14. The van der Waals surface area contributed by atoms with E-state index in [9.17, 15) is 43.8 Å². The summed E-state index contributed by atoms with van der Waals surface area (Å²) < 4.78 is 27.5. The fourth-order valence-electron chi connectivity index (χ4n) is 9.03. The number of rotatable bonds is 24. The highest BCUT2D eigenvalue weighted by Gasteiger charge is 2.46. The molecule has 7 amide bonds. The van der Waals surface area contributed by atoms with Crippen LogP contribution in [0.5, 0.6) is 5.75 Å². The van der Waals surface area contributed by atoms with Crippen LogP contribution in [0.15, 0.2) is 133 Å². The highest BCUT2D eigenvalue weighted by molar-refractivity contribution is 6.12. The van der Waals surface area contributed by atoms with Gasteiger partial charge in [-0.15, -0.1) is 0 Å². The van der Waals surface area contributed by atoms with Crippen molar-refractivity contribution >= 4 is 53.0 Å². The minimum absolute atomic E-state index is 0.00925. The van der Waals surface area contributed by atoms with Crippen molar-refractivity contribution in [2.75, 3.05) is 39.7 Å². The maximum absolute atomic E-state index is 14.3. The molecule has 5 atom stereocenters. The lowest BCUT2D eigenvalue weighted by molar-refractivity contribution is -0.136. The Morgan fingerprint density at radius 1 is 0.812 bits per heavy atom. The number of nitrogens with zero attached hydrogens (tertiary/aromatic N) is 3. The lowest BCUT2D eigenvalue weighted by Crippen LogP contribution is -2.53. The molecule has 3 aliphatic heterocycles. The van der Waals surface area contributed by atoms with Crippen LogP contribution in [0.1, 0.15) is 89.3 Å². The molecule has 3 aliphatic rings. The van der Waals surface area contributed by atoms with E-state index in [-0.39, 0.29) is 62.4 Å². The van der Waals surface area contributed by atoms with Crippen LogP contribution in [0.2, 0.25) is 0 Å². The number of nitrogens with one attached hydrogen (secondary N) is 4. The van der Waals surface area contributed by atoms with Crippen LogP contribution in [0.4, 0.5) is 15.3 Å². The molecule has 21 nitrogen and oxygen atoms in total. The van der Waals surface area contributed by atoms with E-state index in [0.29, 0.717) is 48.4 Å². The van der Waals surface area contributed by atoms with Crippen molar-refractivity contribution in [1.82, 2.24) is 30.7 Å². The molecule has 0 saturated carbocycles. The van der Waals surface area contributed by atoms with Gasteiger partial charge < -0.3 is 60.1 Å².